The lowest BCUT2D eigenvalue weighted by Crippen LogP contribution is -2.39. The van der Waals surface area contributed by atoms with Crippen LogP contribution in [0.15, 0.2) is 30.4 Å². The fraction of sp³-hybridized carbons (Fsp3) is 0.333. The van der Waals surface area contributed by atoms with E-state index >= 15 is 0 Å². The number of anilines is 1. The highest BCUT2D eigenvalue weighted by atomic mass is 16.3. The summed E-state index contributed by atoms with van der Waals surface area (Å²) in [6.45, 7) is 0. The molecule has 2 bridgehead atoms. The third-order valence-electron chi connectivity index (χ3n) is 4.36. The minimum Gasteiger partial charge on any atom is -0.504 e. The van der Waals surface area contributed by atoms with E-state index in [0.717, 1.165) is 6.42 Å². The van der Waals surface area contributed by atoms with Crippen LogP contribution in [0, 0.1) is 23.7 Å². The normalized spacial score (nSPS) is 29.5. The molecule has 0 heterocycles. The maximum atomic E-state index is 12.4. The highest BCUT2D eigenvalue weighted by Gasteiger charge is 2.50. The first-order valence-electron chi connectivity index (χ1n) is 6.78. The van der Waals surface area contributed by atoms with E-state index in [1.54, 1.807) is 0 Å². The molecule has 2 amide bonds. The maximum absolute atomic E-state index is 12.4. The van der Waals surface area contributed by atoms with Gasteiger partial charge in [0.1, 0.15) is 0 Å². The monoisotopic (exact) mass is 288 g/mol. The largest absolute Gasteiger partial charge is 0.504 e. The number of carbonyl (C=O) groups is 2. The maximum Gasteiger partial charge on any atom is 0.229 e. The van der Waals surface area contributed by atoms with Crippen molar-refractivity contribution in [3.8, 4) is 11.5 Å². The average molecular weight is 288 g/mol. The molecule has 4 atom stereocenters. The van der Waals surface area contributed by atoms with Crippen LogP contribution in [0.3, 0.4) is 0 Å². The van der Waals surface area contributed by atoms with Crippen LogP contribution >= 0.6 is 0 Å². The van der Waals surface area contributed by atoms with Crippen LogP contribution in [-0.4, -0.2) is 22.0 Å². The number of carbonyl (C=O) groups excluding carboxylic acids is 2. The predicted molar refractivity (Wildman–Crippen MR) is 75.3 cm³/mol. The zero-order valence-corrected chi connectivity index (χ0v) is 11.2. The number of hydrogen-bond acceptors (Lipinski definition) is 4. The summed E-state index contributed by atoms with van der Waals surface area (Å²) in [5.74, 6) is -2.58. The Bertz CT molecular complexity index is 641. The van der Waals surface area contributed by atoms with E-state index in [2.05, 4.69) is 5.32 Å². The van der Waals surface area contributed by atoms with Gasteiger partial charge in [-0.25, -0.2) is 0 Å². The molecule has 110 valence electrons. The Labute approximate surface area is 121 Å². The standard InChI is InChI=1S/C15H16N2O4/c16-14(20)11-7-4-5-8(6-7)12(11)15(21)17-9-2-1-3-10(18)13(9)19/h1-5,7-8,11-12,18-19H,6H2,(H2,16,20)(H,17,21). The van der Waals surface area contributed by atoms with Gasteiger partial charge in [-0.05, 0) is 30.4 Å². The molecule has 0 saturated heterocycles. The first kappa shape index (κ1) is 13.5. The number of benzene rings is 1. The number of rotatable bonds is 3. The molecule has 5 N–H and O–H groups in total. The molecule has 0 radical (unpaired) electrons. The van der Waals surface area contributed by atoms with Gasteiger partial charge in [0.25, 0.3) is 0 Å². The molecular weight excluding hydrogens is 272 g/mol. The van der Waals surface area contributed by atoms with E-state index in [9.17, 15) is 19.8 Å². The molecule has 1 saturated carbocycles. The molecule has 0 aromatic heterocycles. The van der Waals surface area contributed by atoms with Gasteiger partial charge in [-0.1, -0.05) is 18.2 Å². The topological polar surface area (TPSA) is 113 Å². The third kappa shape index (κ3) is 2.12. The number of allylic oxidation sites excluding steroid dienone is 2. The van der Waals surface area contributed by atoms with E-state index in [4.69, 9.17) is 5.73 Å². The Hall–Kier alpha value is -2.50. The number of fused-ring (bicyclic) bond motifs is 2. The number of aromatic hydroxyl groups is 2. The SMILES string of the molecule is NC(=O)C1C2C=CC(C2)C1C(=O)Nc1cccc(O)c1O. The van der Waals surface area contributed by atoms with E-state index in [0.29, 0.717) is 0 Å². The first-order valence-corrected chi connectivity index (χ1v) is 6.78. The highest BCUT2D eigenvalue weighted by Crippen LogP contribution is 2.48. The molecule has 4 unspecified atom stereocenters. The molecule has 21 heavy (non-hydrogen) atoms. The van der Waals surface area contributed by atoms with Crippen molar-refractivity contribution in [3.05, 3.63) is 30.4 Å². The van der Waals surface area contributed by atoms with Crippen molar-refractivity contribution < 1.29 is 19.8 Å². The molecule has 3 rings (SSSR count). The van der Waals surface area contributed by atoms with Crippen LogP contribution in [0.4, 0.5) is 5.69 Å². The number of amides is 2. The fourth-order valence-corrected chi connectivity index (χ4v) is 3.42. The van der Waals surface area contributed by atoms with Crippen molar-refractivity contribution in [1.29, 1.82) is 0 Å². The van der Waals surface area contributed by atoms with Gasteiger partial charge >= 0.3 is 0 Å². The van der Waals surface area contributed by atoms with Crippen LogP contribution in [0.5, 0.6) is 11.5 Å². The van der Waals surface area contributed by atoms with Crippen molar-refractivity contribution in [2.24, 2.45) is 29.4 Å². The predicted octanol–water partition coefficient (Wildman–Crippen LogP) is 0.960. The molecule has 6 heteroatoms. The first-order chi connectivity index (χ1) is 9.99. The van der Waals surface area contributed by atoms with Gasteiger partial charge in [-0.2, -0.15) is 0 Å². The van der Waals surface area contributed by atoms with Crippen LogP contribution in [-0.2, 0) is 9.59 Å². The zero-order valence-electron chi connectivity index (χ0n) is 11.2. The lowest BCUT2D eigenvalue weighted by molar-refractivity contribution is -0.130. The Morgan fingerprint density at radius 2 is 1.81 bits per heavy atom. The summed E-state index contributed by atoms with van der Waals surface area (Å²) >= 11 is 0. The molecule has 6 nitrogen and oxygen atoms in total. The van der Waals surface area contributed by atoms with Crippen molar-refractivity contribution in [1.82, 2.24) is 0 Å². The minimum absolute atomic E-state index is 0.00745. The van der Waals surface area contributed by atoms with E-state index in [-0.39, 0.29) is 34.9 Å². The van der Waals surface area contributed by atoms with E-state index in [1.165, 1.54) is 18.2 Å². The van der Waals surface area contributed by atoms with Crippen molar-refractivity contribution >= 4 is 17.5 Å². The lowest BCUT2D eigenvalue weighted by atomic mass is 9.82. The molecule has 0 aliphatic heterocycles. The second-order valence-corrected chi connectivity index (χ2v) is 5.56. The van der Waals surface area contributed by atoms with E-state index < -0.39 is 17.7 Å². The number of para-hydroxylation sites is 1. The Morgan fingerprint density at radius 1 is 1.14 bits per heavy atom. The number of phenolic OH excluding ortho intramolecular Hbond substituents is 2. The van der Waals surface area contributed by atoms with Gasteiger partial charge in [-0.3, -0.25) is 9.59 Å². The second kappa shape index (κ2) is 4.80. The number of nitrogens with one attached hydrogen (secondary N) is 1. The van der Waals surface area contributed by atoms with Gasteiger partial charge in [0.2, 0.25) is 11.8 Å². The van der Waals surface area contributed by atoms with Crippen LogP contribution in [0.25, 0.3) is 0 Å². The van der Waals surface area contributed by atoms with Gasteiger partial charge in [0.15, 0.2) is 11.5 Å². The molecule has 1 aromatic carbocycles. The second-order valence-electron chi connectivity index (χ2n) is 5.56. The summed E-state index contributed by atoms with van der Waals surface area (Å²) in [5.41, 5.74) is 5.54. The molecular formula is C15H16N2O4. The van der Waals surface area contributed by atoms with Gasteiger partial charge in [-0.15, -0.1) is 0 Å². The quantitative estimate of drug-likeness (QED) is 0.490. The smallest absolute Gasteiger partial charge is 0.229 e. The van der Waals surface area contributed by atoms with Gasteiger partial charge < -0.3 is 21.3 Å². The Morgan fingerprint density at radius 3 is 2.48 bits per heavy atom. The van der Waals surface area contributed by atoms with Crippen molar-refractivity contribution in [2.75, 3.05) is 5.32 Å². The lowest BCUT2D eigenvalue weighted by Gasteiger charge is -2.24. The van der Waals surface area contributed by atoms with Gasteiger partial charge in [0.05, 0.1) is 17.5 Å². The summed E-state index contributed by atoms with van der Waals surface area (Å²) < 4.78 is 0. The molecule has 1 fully saturated rings. The summed E-state index contributed by atoms with van der Waals surface area (Å²) in [7, 11) is 0. The molecule has 2 aliphatic carbocycles. The molecule has 1 aromatic rings. The summed E-state index contributed by atoms with van der Waals surface area (Å²) in [5, 5.41) is 21.7. The average Bonchev–Trinajstić information content (AvgIpc) is 3.04. The minimum atomic E-state index is -0.528. The zero-order chi connectivity index (χ0) is 15.1. The van der Waals surface area contributed by atoms with Crippen LogP contribution in [0.2, 0.25) is 0 Å². The number of nitrogens with two attached hydrogens (primary N) is 1. The molecule has 2 aliphatic rings. The van der Waals surface area contributed by atoms with Crippen molar-refractivity contribution in [2.45, 2.75) is 6.42 Å². The Kier molecular flexibility index (Phi) is 3.08. The third-order valence-corrected chi connectivity index (χ3v) is 4.36. The number of primary amides is 1. The summed E-state index contributed by atoms with van der Waals surface area (Å²) in [6.07, 6.45) is 4.63. The summed E-state index contributed by atoms with van der Waals surface area (Å²) in [4.78, 5) is 24.0. The highest BCUT2D eigenvalue weighted by molar-refractivity contribution is 5.98. The molecule has 0 spiro atoms. The van der Waals surface area contributed by atoms with Crippen molar-refractivity contribution in [3.63, 3.8) is 0 Å². The summed E-state index contributed by atoms with van der Waals surface area (Å²) in [6, 6.07) is 4.31. The number of hydrogen-bond donors (Lipinski definition) is 4. The van der Waals surface area contributed by atoms with Crippen LogP contribution in [0.1, 0.15) is 6.42 Å². The Balaban J connectivity index is 1.84. The van der Waals surface area contributed by atoms with Crippen LogP contribution < -0.4 is 11.1 Å². The van der Waals surface area contributed by atoms with Gasteiger partial charge in [0, 0.05) is 0 Å². The fourth-order valence-electron chi connectivity index (χ4n) is 3.42. The van der Waals surface area contributed by atoms with E-state index in [1.807, 2.05) is 12.2 Å². The number of phenols is 2.